The number of fused-ring (bicyclic) bond motifs is 1. The van der Waals surface area contributed by atoms with Gasteiger partial charge < -0.3 is 5.73 Å². The Kier molecular flexibility index (Phi) is 4.87. The summed E-state index contributed by atoms with van der Waals surface area (Å²) in [6.45, 7) is 2.05. The van der Waals surface area contributed by atoms with Crippen LogP contribution in [0.1, 0.15) is 27.4 Å². The van der Waals surface area contributed by atoms with Crippen LogP contribution in [0.15, 0.2) is 36.5 Å². The summed E-state index contributed by atoms with van der Waals surface area (Å²) in [5.41, 5.74) is 9.41. The highest BCUT2D eigenvalue weighted by molar-refractivity contribution is 6.30. The van der Waals surface area contributed by atoms with E-state index in [9.17, 15) is 9.18 Å². The molecule has 8 heteroatoms. The molecule has 1 aromatic carbocycles. The molecular weight excluding hydrogens is 381 g/mol. The zero-order valence-corrected chi connectivity index (χ0v) is 16.1. The zero-order valence-electron chi connectivity index (χ0n) is 15.3. The van der Waals surface area contributed by atoms with Gasteiger partial charge in [-0.3, -0.25) is 14.4 Å². The number of carbonyl (C=O) groups excluding carboxylic acids is 1. The van der Waals surface area contributed by atoms with Crippen LogP contribution in [0, 0.1) is 5.82 Å². The first-order valence-electron chi connectivity index (χ1n) is 8.89. The third-order valence-electron chi connectivity index (χ3n) is 5.04. The molecule has 1 aliphatic heterocycles. The molecule has 1 aliphatic rings. The lowest BCUT2D eigenvalue weighted by atomic mass is 9.92. The van der Waals surface area contributed by atoms with E-state index in [1.807, 2.05) is 17.8 Å². The van der Waals surface area contributed by atoms with Crippen LogP contribution in [-0.4, -0.2) is 32.1 Å². The summed E-state index contributed by atoms with van der Waals surface area (Å²) in [7, 11) is 1.90. The standard InChI is InChI=1S/C20H19ClFN5O/c1-26-13(4-6-24-26)10-27-7-5-15-16(14-3-2-12(21)8-17(14)22)9-18(20(23)28)25-19(15)11-27/h2-4,6,8-9H,5,7,10-11H2,1H3,(H2,23,28). The maximum absolute atomic E-state index is 14.6. The number of amides is 1. The van der Waals surface area contributed by atoms with Gasteiger partial charge in [0.2, 0.25) is 0 Å². The van der Waals surface area contributed by atoms with Crippen LogP contribution in [0.4, 0.5) is 4.39 Å². The van der Waals surface area contributed by atoms with Crippen molar-refractivity contribution in [2.24, 2.45) is 12.8 Å². The smallest absolute Gasteiger partial charge is 0.267 e. The molecule has 1 amide bonds. The molecule has 0 unspecified atom stereocenters. The summed E-state index contributed by atoms with van der Waals surface area (Å²) >= 11 is 5.89. The third-order valence-corrected chi connectivity index (χ3v) is 5.28. The Morgan fingerprint density at radius 3 is 2.79 bits per heavy atom. The summed E-state index contributed by atoms with van der Waals surface area (Å²) in [4.78, 5) is 18.5. The number of aryl methyl sites for hydroxylation is 1. The number of benzene rings is 1. The Labute approximate surface area is 166 Å². The van der Waals surface area contributed by atoms with Crippen molar-refractivity contribution in [1.82, 2.24) is 19.7 Å². The minimum atomic E-state index is -0.637. The van der Waals surface area contributed by atoms with E-state index in [0.717, 1.165) is 23.5 Å². The molecule has 2 N–H and O–H groups in total. The minimum absolute atomic E-state index is 0.130. The van der Waals surface area contributed by atoms with Gasteiger partial charge in [-0.05, 0) is 47.9 Å². The summed E-state index contributed by atoms with van der Waals surface area (Å²) in [6.07, 6.45) is 2.45. The molecule has 0 atom stereocenters. The maximum atomic E-state index is 14.6. The first kappa shape index (κ1) is 18.6. The molecule has 4 rings (SSSR count). The van der Waals surface area contributed by atoms with Crippen molar-refractivity contribution in [3.05, 3.63) is 70.0 Å². The van der Waals surface area contributed by atoms with E-state index in [-0.39, 0.29) is 5.69 Å². The van der Waals surface area contributed by atoms with Gasteiger partial charge >= 0.3 is 0 Å². The van der Waals surface area contributed by atoms with Crippen molar-refractivity contribution in [3.63, 3.8) is 0 Å². The molecule has 144 valence electrons. The predicted molar refractivity (Wildman–Crippen MR) is 104 cm³/mol. The normalized spacial score (nSPS) is 14.1. The fraction of sp³-hybridized carbons (Fsp3) is 0.250. The Bertz CT molecular complexity index is 1060. The number of primary amides is 1. The highest BCUT2D eigenvalue weighted by Crippen LogP contribution is 2.33. The molecule has 3 heterocycles. The molecule has 0 saturated heterocycles. The Morgan fingerprint density at radius 1 is 1.29 bits per heavy atom. The molecular formula is C20H19ClFN5O. The van der Waals surface area contributed by atoms with E-state index in [4.69, 9.17) is 17.3 Å². The van der Waals surface area contributed by atoms with Crippen LogP contribution in [0.25, 0.3) is 11.1 Å². The van der Waals surface area contributed by atoms with E-state index in [1.54, 1.807) is 24.4 Å². The zero-order chi connectivity index (χ0) is 19.8. The van der Waals surface area contributed by atoms with Gasteiger partial charge in [0.25, 0.3) is 5.91 Å². The van der Waals surface area contributed by atoms with Crippen LogP contribution in [0.2, 0.25) is 5.02 Å². The second kappa shape index (κ2) is 7.33. The number of aromatic nitrogens is 3. The average molecular weight is 400 g/mol. The summed E-state index contributed by atoms with van der Waals surface area (Å²) < 4.78 is 16.4. The van der Waals surface area contributed by atoms with Gasteiger partial charge in [0.05, 0.1) is 11.4 Å². The first-order chi connectivity index (χ1) is 13.4. The third kappa shape index (κ3) is 3.50. The highest BCUT2D eigenvalue weighted by atomic mass is 35.5. The van der Waals surface area contributed by atoms with Gasteiger partial charge in [0, 0.05) is 43.5 Å². The van der Waals surface area contributed by atoms with E-state index in [1.165, 1.54) is 6.07 Å². The second-order valence-corrected chi connectivity index (χ2v) is 7.31. The second-order valence-electron chi connectivity index (χ2n) is 6.88. The van der Waals surface area contributed by atoms with Crippen LogP contribution in [0.5, 0.6) is 0 Å². The van der Waals surface area contributed by atoms with Gasteiger partial charge in [-0.1, -0.05) is 11.6 Å². The lowest BCUT2D eigenvalue weighted by Crippen LogP contribution is -2.32. The molecule has 28 heavy (non-hydrogen) atoms. The van der Waals surface area contributed by atoms with E-state index < -0.39 is 11.7 Å². The average Bonchev–Trinajstić information content (AvgIpc) is 3.05. The number of pyridine rings is 1. The van der Waals surface area contributed by atoms with Crippen molar-refractivity contribution in [1.29, 1.82) is 0 Å². The van der Waals surface area contributed by atoms with E-state index in [2.05, 4.69) is 15.0 Å². The number of carbonyl (C=O) groups is 1. The molecule has 0 fully saturated rings. The molecule has 2 aromatic heterocycles. The van der Waals surface area contributed by atoms with Crippen molar-refractivity contribution >= 4 is 17.5 Å². The predicted octanol–water partition coefficient (Wildman–Crippen LogP) is 2.93. The van der Waals surface area contributed by atoms with E-state index >= 15 is 0 Å². The van der Waals surface area contributed by atoms with Crippen molar-refractivity contribution in [3.8, 4) is 11.1 Å². The number of hydrogen-bond acceptors (Lipinski definition) is 4. The van der Waals surface area contributed by atoms with Crippen molar-refractivity contribution in [2.45, 2.75) is 19.5 Å². The van der Waals surface area contributed by atoms with Crippen molar-refractivity contribution in [2.75, 3.05) is 6.54 Å². The fourth-order valence-electron chi connectivity index (χ4n) is 3.59. The Hall–Kier alpha value is -2.77. The highest BCUT2D eigenvalue weighted by Gasteiger charge is 2.24. The number of nitrogens with zero attached hydrogens (tertiary/aromatic N) is 4. The Morgan fingerprint density at radius 2 is 2.11 bits per heavy atom. The van der Waals surface area contributed by atoms with Gasteiger partial charge in [-0.25, -0.2) is 9.37 Å². The van der Waals surface area contributed by atoms with Gasteiger partial charge in [0.15, 0.2) is 0 Å². The van der Waals surface area contributed by atoms with Crippen LogP contribution < -0.4 is 5.73 Å². The van der Waals surface area contributed by atoms with Crippen LogP contribution in [0.3, 0.4) is 0 Å². The molecule has 0 aliphatic carbocycles. The maximum Gasteiger partial charge on any atom is 0.267 e. The molecule has 0 bridgehead atoms. The fourth-order valence-corrected chi connectivity index (χ4v) is 3.75. The minimum Gasteiger partial charge on any atom is -0.364 e. The van der Waals surface area contributed by atoms with Gasteiger partial charge in [-0.2, -0.15) is 5.10 Å². The summed E-state index contributed by atoms with van der Waals surface area (Å²) in [5, 5.41) is 4.52. The first-order valence-corrected chi connectivity index (χ1v) is 9.27. The monoisotopic (exact) mass is 399 g/mol. The van der Waals surface area contributed by atoms with Gasteiger partial charge in [0.1, 0.15) is 11.5 Å². The quantitative estimate of drug-likeness (QED) is 0.731. The summed E-state index contributed by atoms with van der Waals surface area (Å²) in [5.74, 6) is -1.07. The number of halogens is 2. The van der Waals surface area contributed by atoms with Crippen LogP contribution >= 0.6 is 11.6 Å². The van der Waals surface area contributed by atoms with E-state index in [0.29, 0.717) is 35.7 Å². The van der Waals surface area contributed by atoms with Gasteiger partial charge in [-0.15, -0.1) is 0 Å². The molecule has 6 nitrogen and oxygen atoms in total. The number of hydrogen-bond donors (Lipinski definition) is 1. The molecule has 3 aromatic rings. The lowest BCUT2D eigenvalue weighted by molar-refractivity contribution is 0.0995. The summed E-state index contributed by atoms with van der Waals surface area (Å²) in [6, 6.07) is 8.07. The van der Waals surface area contributed by atoms with Crippen molar-refractivity contribution < 1.29 is 9.18 Å². The topological polar surface area (TPSA) is 77.0 Å². The number of rotatable bonds is 4. The SMILES string of the molecule is Cn1nccc1CN1CCc2c(-c3ccc(Cl)cc3F)cc(C(N)=O)nc2C1. The lowest BCUT2D eigenvalue weighted by Gasteiger charge is -2.29. The van der Waals surface area contributed by atoms with Crippen LogP contribution in [-0.2, 0) is 26.6 Å². The molecule has 0 spiro atoms. The molecule has 0 radical (unpaired) electrons. The Balaban J connectivity index is 1.74. The number of nitrogens with two attached hydrogens (primary N) is 1. The largest absolute Gasteiger partial charge is 0.364 e. The molecule has 0 saturated carbocycles.